The molecule has 0 atom stereocenters. The number of sulfonamides is 1. The molecule has 0 bridgehead atoms. The Balaban J connectivity index is 1.41. The van der Waals surface area contributed by atoms with Gasteiger partial charge in [-0.3, -0.25) is 14.8 Å². The predicted octanol–water partition coefficient (Wildman–Crippen LogP) is 3.04. The van der Waals surface area contributed by atoms with Gasteiger partial charge in [-0.25, -0.2) is 18.4 Å². The SMILES string of the molecule is N#Cc1ccc(S(=O)(=O)Nc2ccc(-c3nc(NC(=O)C4CC4)nc4[nH]ccc34)cc2)cn1. The maximum atomic E-state index is 12.6. The van der Waals surface area contributed by atoms with E-state index in [1.807, 2.05) is 12.1 Å². The molecule has 1 saturated carbocycles. The Hall–Kier alpha value is -4.30. The van der Waals surface area contributed by atoms with Crippen LogP contribution in [0.15, 0.2) is 59.8 Å². The monoisotopic (exact) mass is 459 g/mol. The fourth-order valence-electron chi connectivity index (χ4n) is 3.29. The third-order valence-corrected chi connectivity index (χ3v) is 6.54. The molecule has 3 heterocycles. The number of hydrogen-bond donors (Lipinski definition) is 3. The fourth-order valence-corrected chi connectivity index (χ4v) is 4.29. The van der Waals surface area contributed by atoms with E-state index in [1.165, 1.54) is 12.1 Å². The molecule has 3 aromatic heterocycles. The van der Waals surface area contributed by atoms with Crippen molar-refractivity contribution in [1.29, 1.82) is 5.26 Å². The van der Waals surface area contributed by atoms with Crippen molar-refractivity contribution in [3.05, 3.63) is 60.6 Å². The van der Waals surface area contributed by atoms with E-state index in [-0.39, 0.29) is 28.4 Å². The number of benzene rings is 1. The highest BCUT2D eigenvalue weighted by Gasteiger charge is 2.30. The number of H-pyrrole nitrogens is 1. The molecule has 1 aliphatic rings. The molecule has 0 radical (unpaired) electrons. The molecule has 164 valence electrons. The standard InChI is InChI=1S/C22H17N7O3S/c23-11-16-7-8-17(12-25-16)33(31,32)29-15-5-3-13(4-6-15)19-18-9-10-24-20(18)27-22(26-19)28-21(30)14-1-2-14/h3-10,12,14,29H,1-2H2,(H2,24,26,27,28,30). The zero-order chi connectivity index (χ0) is 23.0. The van der Waals surface area contributed by atoms with E-state index in [0.29, 0.717) is 17.0 Å². The van der Waals surface area contributed by atoms with Gasteiger partial charge in [0.1, 0.15) is 22.3 Å². The highest BCUT2D eigenvalue weighted by Crippen LogP contribution is 2.31. The number of nitrogens with one attached hydrogen (secondary N) is 3. The van der Waals surface area contributed by atoms with Crippen molar-refractivity contribution in [3.8, 4) is 17.3 Å². The fraction of sp³-hybridized carbons (Fsp3) is 0.136. The largest absolute Gasteiger partial charge is 0.346 e. The van der Waals surface area contributed by atoms with Gasteiger partial charge in [-0.05, 0) is 43.2 Å². The summed E-state index contributed by atoms with van der Waals surface area (Å²) in [6.45, 7) is 0. The summed E-state index contributed by atoms with van der Waals surface area (Å²) in [5, 5.41) is 12.4. The van der Waals surface area contributed by atoms with Gasteiger partial charge < -0.3 is 4.98 Å². The van der Waals surface area contributed by atoms with Gasteiger partial charge in [-0.15, -0.1) is 0 Å². The second kappa shape index (κ2) is 7.99. The van der Waals surface area contributed by atoms with Gasteiger partial charge in [-0.2, -0.15) is 10.2 Å². The lowest BCUT2D eigenvalue weighted by atomic mass is 10.1. The quantitative estimate of drug-likeness (QED) is 0.400. The summed E-state index contributed by atoms with van der Waals surface area (Å²) < 4.78 is 27.7. The van der Waals surface area contributed by atoms with E-state index in [1.54, 1.807) is 30.5 Å². The zero-order valence-corrected chi connectivity index (χ0v) is 17.9. The number of pyridine rings is 1. The molecule has 33 heavy (non-hydrogen) atoms. The van der Waals surface area contributed by atoms with Crippen LogP contribution in [0.25, 0.3) is 22.3 Å². The maximum Gasteiger partial charge on any atom is 0.263 e. The molecular formula is C22H17N7O3S. The van der Waals surface area contributed by atoms with Crippen LogP contribution in [0, 0.1) is 17.2 Å². The summed E-state index contributed by atoms with van der Waals surface area (Å²) in [4.78, 5) is 27.8. The minimum absolute atomic E-state index is 0.0231. The van der Waals surface area contributed by atoms with Crippen molar-refractivity contribution >= 4 is 38.6 Å². The highest BCUT2D eigenvalue weighted by molar-refractivity contribution is 7.92. The summed E-state index contributed by atoms with van der Waals surface area (Å²) in [6.07, 6.45) is 4.62. The number of aromatic nitrogens is 4. The molecule has 1 aliphatic carbocycles. The van der Waals surface area contributed by atoms with Crippen molar-refractivity contribution in [2.24, 2.45) is 5.92 Å². The summed E-state index contributed by atoms with van der Waals surface area (Å²) in [6, 6.07) is 13.1. The van der Waals surface area contributed by atoms with Gasteiger partial charge in [0.05, 0.1) is 5.69 Å². The Morgan fingerprint density at radius 3 is 2.55 bits per heavy atom. The summed E-state index contributed by atoms with van der Waals surface area (Å²) in [7, 11) is -3.86. The first-order chi connectivity index (χ1) is 15.9. The Labute approximate surface area is 188 Å². The first-order valence-corrected chi connectivity index (χ1v) is 11.6. The van der Waals surface area contributed by atoms with Crippen LogP contribution in [-0.4, -0.2) is 34.3 Å². The van der Waals surface area contributed by atoms with E-state index < -0.39 is 10.0 Å². The van der Waals surface area contributed by atoms with Crippen LogP contribution >= 0.6 is 0 Å². The first-order valence-electron chi connectivity index (χ1n) is 10.1. The minimum Gasteiger partial charge on any atom is -0.346 e. The molecule has 5 rings (SSSR count). The number of rotatable bonds is 6. The molecule has 3 N–H and O–H groups in total. The maximum absolute atomic E-state index is 12.6. The Kier molecular flexibility index (Phi) is 4.99. The molecule has 1 aromatic carbocycles. The molecule has 4 aromatic rings. The van der Waals surface area contributed by atoms with Crippen molar-refractivity contribution in [3.63, 3.8) is 0 Å². The Morgan fingerprint density at radius 2 is 1.88 bits per heavy atom. The molecule has 0 unspecified atom stereocenters. The van der Waals surface area contributed by atoms with Crippen molar-refractivity contribution in [2.45, 2.75) is 17.7 Å². The molecule has 0 aliphatic heterocycles. The third-order valence-electron chi connectivity index (χ3n) is 5.17. The lowest BCUT2D eigenvalue weighted by Gasteiger charge is -2.10. The van der Waals surface area contributed by atoms with Crippen LogP contribution in [0.1, 0.15) is 18.5 Å². The number of hydrogen-bond acceptors (Lipinski definition) is 7. The van der Waals surface area contributed by atoms with Crippen LogP contribution in [0.3, 0.4) is 0 Å². The van der Waals surface area contributed by atoms with Crippen molar-refractivity contribution in [2.75, 3.05) is 10.0 Å². The number of anilines is 2. The van der Waals surface area contributed by atoms with Gasteiger partial charge in [0.2, 0.25) is 11.9 Å². The number of fused-ring (bicyclic) bond motifs is 1. The second-order valence-corrected chi connectivity index (χ2v) is 9.26. The van der Waals surface area contributed by atoms with Crippen LogP contribution in [0.5, 0.6) is 0 Å². The minimum atomic E-state index is -3.86. The number of nitrogens with zero attached hydrogens (tertiary/aromatic N) is 4. The zero-order valence-electron chi connectivity index (χ0n) is 17.1. The molecule has 10 nitrogen and oxygen atoms in total. The molecule has 0 spiro atoms. The number of nitriles is 1. The van der Waals surface area contributed by atoms with E-state index in [2.05, 4.69) is 30.0 Å². The van der Waals surface area contributed by atoms with Gasteiger partial charge in [0.15, 0.2) is 0 Å². The normalized spacial score (nSPS) is 13.4. The first kappa shape index (κ1) is 20.6. The molecule has 1 fully saturated rings. The third kappa shape index (κ3) is 4.24. The topological polar surface area (TPSA) is 154 Å². The van der Waals surface area contributed by atoms with E-state index >= 15 is 0 Å². The van der Waals surface area contributed by atoms with Gasteiger partial charge in [-0.1, -0.05) is 12.1 Å². The lowest BCUT2D eigenvalue weighted by Crippen LogP contribution is -2.15. The van der Waals surface area contributed by atoms with Gasteiger partial charge >= 0.3 is 0 Å². The van der Waals surface area contributed by atoms with Crippen LogP contribution in [0.4, 0.5) is 11.6 Å². The van der Waals surface area contributed by atoms with Crippen LogP contribution in [0.2, 0.25) is 0 Å². The molecule has 11 heteroatoms. The van der Waals surface area contributed by atoms with Gasteiger partial charge in [0.25, 0.3) is 10.0 Å². The second-order valence-electron chi connectivity index (χ2n) is 7.57. The summed E-state index contributed by atoms with van der Waals surface area (Å²) >= 11 is 0. The van der Waals surface area contributed by atoms with Crippen LogP contribution in [-0.2, 0) is 14.8 Å². The number of carbonyl (C=O) groups excluding carboxylic acids is 1. The van der Waals surface area contributed by atoms with Crippen molar-refractivity contribution in [1.82, 2.24) is 19.9 Å². The number of amides is 1. The molecule has 0 saturated heterocycles. The number of aromatic amines is 1. The lowest BCUT2D eigenvalue weighted by molar-refractivity contribution is -0.117. The van der Waals surface area contributed by atoms with Gasteiger partial charge in [0, 0.05) is 34.9 Å². The predicted molar refractivity (Wildman–Crippen MR) is 120 cm³/mol. The average Bonchev–Trinajstić information content (AvgIpc) is 3.57. The summed E-state index contributed by atoms with van der Waals surface area (Å²) in [5.74, 6) is 0.152. The summed E-state index contributed by atoms with van der Waals surface area (Å²) in [5.41, 5.74) is 2.41. The van der Waals surface area contributed by atoms with Crippen LogP contribution < -0.4 is 10.0 Å². The molecular weight excluding hydrogens is 442 g/mol. The molecule has 1 amide bonds. The highest BCUT2D eigenvalue weighted by atomic mass is 32.2. The number of carbonyl (C=O) groups is 1. The van der Waals surface area contributed by atoms with E-state index in [4.69, 9.17) is 5.26 Å². The Morgan fingerprint density at radius 1 is 1.09 bits per heavy atom. The van der Waals surface area contributed by atoms with E-state index in [9.17, 15) is 13.2 Å². The Bertz CT molecular complexity index is 1500. The smallest absolute Gasteiger partial charge is 0.263 e. The van der Waals surface area contributed by atoms with E-state index in [0.717, 1.165) is 30.0 Å². The van der Waals surface area contributed by atoms with Crippen molar-refractivity contribution < 1.29 is 13.2 Å². The average molecular weight is 459 g/mol.